The molecule has 4 nitrogen and oxygen atoms in total. The fourth-order valence-corrected chi connectivity index (χ4v) is 5.43. The Kier molecular flexibility index (Phi) is 4.03. The number of likely N-dealkylation sites (tertiary alicyclic amines) is 1. The van der Waals surface area contributed by atoms with E-state index in [0.29, 0.717) is 10.9 Å². The van der Waals surface area contributed by atoms with Gasteiger partial charge in [-0.15, -0.1) is 11.3 Å². The van der Waals surface area contributed by atoms with E-state index in [-0.39, 0.29) is 29.3 Å². The largest absolute Gasteiger partial charge is 0.451 e. The quantitative estimate of drug-likeness (QED) is 0.792. The van der Waals surface area contributed by atoms with E-state index in [1.807, 2.05) is 23.3 Å². The first kappa shape index (κ1) is 16.5. The number of fused-ring (bicyclic) bond motifs is 2. The van der Waals surface area contributed by atoms with Crippen LogP contribution in [0.4, 0.5) is 0 Å². The molecule has 23 heavy (non-hydrogen) atoms. The SMILES string of the molecule is Cc1ccsc1C(=O)OCC(=O)N1C[C@@]2(C)C[C@@H]1CC(C)(C)C2. The lowest BCUT2D eigenvalue weighted by Gasteiger charge is -2.39. The molecule has 2 bridgehead atoms. The zero-order valence-electron chi connectivity index (χ0n) is 14.3. The molecule has 3 rings (SSSR count). The van der Waals surface area contributed by atoms with Crippen molar-refractivity contribution >= 4 is 23.2 Å². The van der Waals surface area contributed by atoms with Crippen molar-refractivity contribution in [2.45, 2.75) is 53.0 Å². The molecule has 1 saturated heterocycles. The first-order valence-corrected chi connectivity index (χ1v) is 9.08. The molecule has 2 heterocycles. The summed E-state index contributed by atoms with van der Waals surface area (Å²) in [5, 5.41) is 1.86. The maximum Gasteiger partial charge on any atom is 0.349 e. The van der Waals surface area contributed by atoms with Crippen molar-refractivity contribution in [3.05, 3.63) is 21.9 Å². The lowest BCUT2D eigenvalue weighted by atomic mass is 9.65. The summed E-state index contributed by atoms with van der Waals surface area (Å²) >= 11 is 1.36. The Morgan fingerprint density at radius 3 is 2.74 bits per heavy atom. The molecule has 1 aliphatic heterocycles. The van der Waals surface area contributed by atoms with E-state index < -0.39 is 0 Å². The van der Waals surface area contributed by atoms with Crippen LogP contribution >= 0.6 is 11.3 Å². The Labute approximate surface area is 141 Å². The second kappa shape index (κ2) is 5.62. The number of ether oxygens (including phenoxy) is 1. The Hall–Kier alpha value is -1.36. The average molecular weight is 335 g/mol. The molecule has 0 N–H and O–H groups in total. The minimum Gasteiger partial charge on any atom is -0.451 e. The molecule has 2 fully saturated rings. The number of amides is 1. The number of carbonyl (C=O) groups excluding carboxylic acids is 2. The van der Waals surface area contributed by atoms with Gasteiger partial charge in [-0.3, -0.25) is 4.79 Å². The molecule has 1 aromatic rings. The van der Waals surface area contributed by atoms with Crippen LogP contribution in [0.2, 0.25) is 0 Å². The highest BCUT2D eigenvalue weighted by molar-refractivity contribution is 7.12. The first-order valence-electron chi connectivity index (χ1n) is 8.20. The maximum absolute atomic E-state index is 12.6. The van der Waals surface area contributed by atoms with Gasteiger partial charge in [0, 0.05) is 12.6 Å². The molecule has 1 saturated carbocycles. The van der Waals surface area contributed by atoms with Gasteiger partial charge in [0.15, 0.2) is 6.61 Å². The molecule has 0 unspecified atom stereocenters. The molecule has 126 valence electrons. The van der Waals surface area contributed by atoms with Gasteiger partial charge in [-0.25, -0.2) is 4.79 Å². The Bertz CT molecular complexity index is 636. The summed E-state index contributed by atoms with van der Waals surface area (Å²) in [6.45, 7) is 9.35. The highest BCUT2D eigenvalue weighted by atomic mass is 32.1. The molecule has 1 amide bonds. The highest BCUT2D eigenvalue weighted by Gasteiger charge is 2.50. The molecule has 0 spiro atoms. The van der Waals surface area contributed by atoms with Gasteiger partial charge in [-0.2, -0.15) is 0 Å². The van der Waals surface area contributed by atoms with E-state index in [1.165, 1.54) is 11.3 Å². The molecule has 2 aliphatic rings. The lowest BCUT2D eigenvalue weighted by molar-refractivity contribution is -0.135. The van der Waals surface area contributed by atoms with Crippen LogP contribution in [-0.2, 0) is 9.53 Å². The monoisotopic (exact) mass is 335 g/mol. The zero-order valence-corrected chi connectivity index (χ0v) is 15.2. The molecule has 0 aromatic carbocycles. The van der Waals surface area contributed by atoms with Gasteiger partial charge >= 0.3 is 5.97 Å². The topological polar surface area (TPSA) is 46.6 Å². The van der Waals surface area contributed by atoms with E-state index >= 15 is 0 Å². The van der Waals surface area contributed by atoms with Crippen molar-refractivity contribution in [1.82, 2.24) is 4.90 Å². The maximum atomic E-state index is 12.6. The predicted molar refractivity (Wildman–Crippen MR) is 90.6 cm³/mol. The van der Waals surface area contributed by atoms with Gasteiger partial charge in [0.1, 0.15) is 4.88 Å². The number of thiophene rings is 1. The third kappa shape index (κ3) is 3.30. The fourth-order valence-electron chi connectivity index (χ4n) is 4.61. The van der Waals surface area contributed by atoms with Crippen LogP contribution in [0.5, 0.6) is 0 Å². The van der Waals surface area contributed by atoms with E-state index in [0.717, 1.165) is 31.4 Å². The number of hydrogen-bond donors (Lipinski definition) is 0. The fraction of sp³-hybridized carbons (Fsp3) is 0.667. The van der Waals surface area contributed by atoms with Gasteiger partial charge in [-0.05, 0) is 54.0 Å². The third-order valence-electron chi connectivity index (χ3n) is 5.11. The van der Waals surface area contributed by atoms with Crippen molar-refractivity contribution in [3.63, 3.8) is 0 Å². The summed E-state index contributed by atoms with van der Waals surface area (Å²) in [6.07, 6.45) is 3.25. The van der Waals surface area contributed by atoms with Crippen LogP contribution in [0, 0.1) is 17.8 Å². The third-order valence-corrected chi connectivity index (χ3v) is 6.11. The average Bonchev–Trinajstić information content (AvgIpc) is 2.95. The van der Waals surface area contributed by atoms with E-state index in [2.05, 4.69) is 20.8 Å². The summed E-state index contributed by atoms with van der Waals surface area (Å²) in [4.78, 5) is 27.1. The van der Waals surface area contributed by atoms with Gasteiger partial charge in [0.2, 0.25) is 0 Å². The van der Waals surface area contributed by atoms with Crippen molar-refractivity contribution in [2.75, 3.05) is 13.2 Å². The second-order valence-corrected chi connectivity index (χ2v) is 9.16. The Morgan fingerprint density at radius 1 is 1.35 bits per heavy atom. The zero-order chi connectivity index (χ0) is 16.8. The first-order chi connectivity index (χ1) is 10.7. The normalized spacial score (nSPS) is 28.7. The number of carbonyl (C=O) groups is 2. The highest BCUT2D eigenvalue weighted by Crippen LogP contribution is 2.52. The summed E-state index contributed by atoms with van der Waals surface area (Å²) < 4.78 is 5.26. The van der Waals surface area contributed by atoms with Gasteiger partial charge < -0.3 is 9.64 Å². The summed E-state index contributed by atoms with van der Waals surface area (Å²) in [6, 6.07) is 2.17. The number of nitrogens with zero attached hydrogens (tertiary/aromatic N) is 1. The molecule has 0 radical (unpaired) electrons. The van der Waals surface area contributed by atoms with Crippen LogP contribution in [0.15, 0.2) is 11.4 Å². The van der Waals surface area contributed by atoms with Gasteiger partial charge in [-0.1, -0.05) is 20.8 Å². The smallest absolute Gasteiger partial charge is 0.349 e. The van der Waals surface area contributed by atoms with Crippen molar-refractivity contribution in [1.29, 1.82) is 0 Å². The number of esters is 1. The minimum absolute atomic E-state index is 0.0565. The second-order valence-electron chi connectivity index (χ2n) is 8.24. The lowest BCUT2D eigenvalue weighted by Crippen LogP contribution is -2.39. The summed E-state index contributed by atoms with van der Waals surface area (Å²) in [7, 11) is 0. The predicted octanol–water partition coefficient (Wildman–Crippen LogP) is 3.64. The van der Waals surface area contributed by atoms with E-state index in [9.17, 15) is 9.59 Å². The van der Waals surface area contributed by atoms with Gasteiger partial charge in [0.25, 0.3) is 5.91 Å². The molecular weight excluding hydrogens is 310 g/mol. The summed E-state index contributed by atoms with van der Waals surface area (Å²) in [5.74, 6) is -0.446. The van der Waals surface area contributed by atoms with E-state index in [4.69, 9.17) is 4.74 Å². The summed E-state index contributed by atoms with van der Waals surface area (Å²) in [5.41, 5.74) is 1.38. The van der Waals surface area contributed by atoms with Crippen LogP contribution in [-0.4, -0.2) is 36.0 Å². The number of hydrogen-bond acceptors (Lipinski definition) is 4. The van der Waals surface area contributed by atoms with Gasteiger partial charge in [0.05, 0.1) is 0 Å². The van der Waals surface area contributed by atoms with Crippen LogP contribution in [0.1, 0.15) is 55.3 Å². The molecule has 5 heteroatoms. The van der Waals surface area contributed by atoms with Crippen molar-refractivity contribution in [2.24, 2.45) is 10.8 Å². The number of aryl methyl sites for hydroxylation is 1. The van der Waals surface area contributed by atoms with E-state index in [1.54, 1.807) is 0 Å². The minimum atomic E-state index is -0.389. The number of rotatable bonds is 3. The molecule has 1 aromatic heterocycles. The van der Waals surface area contributed by atoms with Crippen molar-refractivity contribution < 1.29 is 14.3 Å². The van der Waals surface area contributed by atoms with Crippen LogP contribution < -0.4 is 0 Å². The Morgan fingerprint density at radius 2 is 2.09 bits per heavy atom. The van der Waals surface area contributed by atoms with Crippen LogP contribution in [0.25, 0.3) is 0 Å². The molecule has 1 aliphatic carbocycles. The Balaban J connectivity index is 1.61. The molecular formula is C18H25NO3S. The molecule has 2 atom stereocenters. The van der Waals surface area contributed by atoms with Crippen molar-refractivity contribution in [3.8, 4) is 0 Å². The standard InChI is InChI=1S/C18H25NO3S/c1-12-5-6-23-15(12)16(21)22-9-14(20)19-11-18(4)8-13(19)7-17(2,3)10-18/h5-6,13H,7-11H2,1-4H3/t13-,18-/m0/s1. The van der Waals surface area contributed by atoms with Crippen LogP contribution in [0.3, 0.4) is 0 Å².